The number of nitrogens with two attached hydrogens (primary N) is 2. The summed E-state index contributed by atoms with van der Waals surface area (Å²) < 4.78 is 0. The molecule has 1 atom stereocenters. The Morgan fingerprint density at radius 3 is 2.11 bits per heavy atom. The summed E-state index contributed by atoms with van der Waals surface area (Å²) in [5, 5.41) is 0. The van der Waals surface area contributed by atoms with Gasteiger partial charge in [-0.05, 0) is 6.92 Å². The SMILES string of the molecule is CC(=O)CC(N)C(N)=O. The highest BCUT2D eigenvalue weighted by atomic mass is 16.1. The number of Topliss-reactive ketones (excluding diaryl/α,β-unsaturated/α-hetero) is 1. The molecule has 0 saturated carbocycles. The Hall–Kier alpha value is -0.900. The second kappa shape index (κ2) is 3.19. The van der Waals surface area contributed by atoms with Crippen LogP contribution in [0.15, 0.2) is 0 Å². The minimum Gasteiger partial charge on any atom is -0.368 e. The van der Waals surface area contributed by atoms with E-state index < -0.39 is 11.9 Å². The van der Waals surface area contributed by atoms with Crippen molar-refractivity contribution in [2.45, 2.75) is 19.4 Å². The van der Waals surface area contributed by atoms with E-state index in [1.54, 1.807) is 0 Å². The van der Waals surface area contributed by atoms with E-state index in [-0.39, 0.29) is 12.2 Å². The van der Waals surface area contributed by atoms with Gasteiger partial charge in [-0.2, -0.15) is 0 Å². The molecule has 0 radical (unpaired) electrons. The maximum absolute atomic E-state index is 10.3. The number of carbonyl (C=O) groups excluding carboxylic acids is 2. The number of hydrogen-bond donors (Lipinski definition) is 2. The molecule has 0 rings (SSSR count). The van der Waals surface area contributed by atoms with Gasteiger partial charge in [-0.1, -0.05) is 0 Å². The van der Waals surface area contributed by atoms with E-state index >= 15 is 0 Å². The molecule has 0 aromatic carbocycles. The minimum absolute atomic E-state index is 0.0370. The summed E-state index contributed by atoms with van der Waals surface area (Å²) in [4.78, 5) is 20.5. The van der Waals surface area contributed by atoms with Gasteiger partial charge in [0, 0.05) is 6.42 Å². The Balaban J connectivity index is 3.63. The van der Waals surface area contributed by atoms with Gasteiger partial charge in [-0.25, -0.2) is 0 Å². The molecule has 1 unspecified atom stereocenters. The first-order valence-corrected chi connectivity index (χ1v) is 2.58. The van der Waals surface area contributed by atoms with Crippen molar-refractivity contribution in [2.24, 2.45) is 11.5 Å². The van der Waals surface area contributed by atoms with Crippen molar-refractivity contribution in [1.29, 1.82) is 0 Å². The molecule has 1 amide bonds. The van der Waals surface area contributed by atoms with Crippen LogP contribution < -0.4 is 11.5 Å². The Morgan fingerprint density at radius 1 is 1.56 bits per heavy atom. The molecule has 0 aliphatic heterocycles. The molecule has 0 fully saturated rings. The second-order valence-corrected chi connectivity index (χ2v) is 1.92. The van der Waals surface area contributed by atoms with Gasteiger partial charge in [-0.15, -0.1) is 0 Å². The van der Waals surface area contributed by atoms with Crippen LogP contribution in [0.1, 0.15) is 13.3 Å². The smallest absolute Gasteiger partial charge is 0.234 e. The first-order valence-electron chi connectivity index (χ1n) is 2.58. The van der Waals surface area contributed by atoms with E-state index in [9.17, 15) is 9.59 Å². The molecule has 0 aliphatic rings. The topological polar surface area (TPSA) is 86.2 Å². The molecule has 52 valence electrons. The van der Waals surface area contributed by atoms with Crippen molar-refractivity contribution < 1.29 is 9.59 Å². The number of carbonyl (C=O) groups is 2. The second-order valence-electron chi connectivity index (χ2n) is 1.92. The number of amides is 1. The lowest BCUT2D eigenvalue weighted by Gasteiger charge is -2.01. The fourth-order valence-corrected chi connectivity index (χ4v) is 0.410. The molecule has 4 nitrogen and oxygen atoms in total. The molecule has 0 spiro atoms. The van der Waals surface area contributed by atoms with Crippen LogP contribution >= 0.6 is 0 Å². The highest BCUT2D eigenvalue weighted by Gasteiger charge is 2.10. The average molecular weight is 130 g/mol. The molecule has 0 aromatic heterocycles. The van der Waals surface area contributed by atoms with Crippen LogP contribution in [0.3, 0.4) is 0 Å². The Kier molecular flexibility index (Phi) is 2.87. The molecule has 0 bridgehead atoms. The molecular formula is C5H10N2O2. The zero-order chi connectivity index (χ0) is 7.44. The summed E-state index contributed by atoms with van der Waals surface area (Å²) in [6, 6.07) is -0.817. The molecular weight excluding hydrogens is 120 g/mol. The maximum atomic E-state index is 10.3. The normalized spacial score (nSPS) is 12.7. The zero-order valence-electron chi connectivity index (χ0n) is 5.26. The summed E-state index contributed by atoms with van der Waals surface area (Å²) in [5.74, 6) is -0.758. The van der Waals surface area contributed by atoms with Crippen molar-refractivity contribution in [1.82, 2.24) is 0 Å². The first-order chi connectivity index (χ1) is 4.04. The van der Waals surface area contributed by atoms with E-state index in [1.165, 1.54) is 6.92 Å². The van der Waals surface area contributed by atoms with Crippen LogP contribution in [0.5, 0.6) is 0 Å². The van der Waals surface area contributed by atoms with Gasteiger partial charge >= 0.3 is 0 Å². The number of rotatable bonds is 3. The van der Waals surface area contributed by atoms with Gasteiger partial charge in [0.05, 0.1) is 6.04 Å². The largest absolute Gasteiger partial charge is 0.368 e. The lowest BCUT2D eigenvalue weighted by atomic mass is 10.1. The van der Waals surface area contributed by atoms with E-state index in [2.05, 4.69) is 0 Å². The van der Waals surface area contributed by atoms with E-state index in [0.29, 0.717) is 0 Å². The summed E-state index contributed by atoms with van der Waals surface area (Å²) >= 11 is 0. The number of hydrogen-bond acceptors (Lipinski definition) is 3. The highest BCUT2D eigenvalue weighted by Crippen LogP contribution is 1.86. The first kappa shape index (κ1) is 8.10. The van der Waals surface area contributed by atoms with Gasteiger partial charge in [0.1, 0.15) is 5.78 Å². The third kappa shape index (κ3) is 3.66. The molecule has 4 N–H and O–H groups in total. The zero-order valence-corrected chi connectivity index (χ0v) is 5.26. The minimum atomic E-state index is -0.817. The molecule has 9 heavy (non-hydrogen) atoms. The molecule has 0 saturated heterocycles. The predicted molar refractivity (Wildman–Crippen MR) is 32.5 cm³/mol. The van der Waals surface area contributed by atoms with E-state index in [4.69, 9.17) is 11.5 Å². The predicted octanol–water partition coefficient (Wildman–Crippen LogP) is -1.22. The lowest BCUT2D eigenvalue weighted by Crippen LogP contribution is -2.37. The van der Waals surface area contributed by atoms with Crippen LogP contribution in [0.2, 0.25) is 0 Å². The van der Waals surface area contributed by atoms with Crippen LogP contribution in [-0.4, -0.2) is 17.7 Å². The Morgan fingerprint density at radius 2 is 2.00 bits per heavy atom. The summed E-state index contributed by atoms with van der Waals surface area (Å²) in [6.45, 7) is 1.36. The summed E-state index contributed by atoms with van der Waals surface area (Å²) in [7, 11) is 0. The molecule has 0 heterocycles. The fraction of sp³-hybridized carbons (Fsp3) is 0.600. The summed E-state index contributed by atoms with van der Waals surface area (Å²) in [5.41, 5.74) is 9.89. The van der Waals surface area contributed by atoms with Crippen molar-refractivity contribution >= 4 is 11.7 Å². The van der Waals surface area contributed by atoms with Gasteiger partial charge in [0.2, 0.25) is 5.91 Å². The van der Waals surface area contributed by atoms with Crippen LogP contribution in [-0.2, 0) is 9.59 Å². The molecule has 0 aliphatic carbocycles. The van der Waals surface area contributed by atoms with E-state index in [1.807, 2.05) is 0 Å². The third-order valence-corrected chi connectivity index (χ3v) is 0.873. The van der Waals surface area contributed by atoms with Crippen LogP contribution in [0, 0.1) is 0 Å². The van der Waals surface area contributed by atoms with Gasteiger partial charge < -0.3 is 11.5 Å². The Labute approximate surface area is 53.2 Å². The van der Waals surface area contributed by atoms with Crippen LogP contribution in [0.4, 0.5) is 0 Å². The fourth-order valence-electron chi connectivity index (χ4n) is 0.410. The van der Waals surface area contributed by atoms with Crippen molar-refractivity contribution in [3.05, 3.63) is 0 Å². The lowest BCUT2D eigenvalue weighted by molar-refractivity contribution is -0.123. The third-order valence-electron chi connectivity index (χ3n) is 0.873. The standard InChI is InChI=1S/C5H10N2O2/c1-3(8)2-4(6)5(7)9/h4H,2,6H2,1H3,(H2,7,9). The van der Waals surface area contributed by atoms with Gasteiger partial charge in [0.25, 0.3) is 0 Å². The highest BCUT2D eigenvalue weighted by molar-refractivity contribution is 5.86. The number of ketones is 1. The van der Waals surface area contributed by atoms with Crippen molar-refractivity contribution in [2.75, 3.05) is 0 Å². The average Bonchev–Trinajstić information content (AvgIpc) is 1.63. The van der Waals surface area contributed by atoms with E-state index in [0.717, 1.165) is 0 Å². The van der Waals surface area contributed by atoms with Crippen molar-refractivity contribution in [3.63, 3.8) is 0 Å². The Bertz CT molecular complexity index is 133. The summed E-state index contributed by atoms with van der Waals surface area (Å²) in [6.07, 6.45) is 0.0370. The van der Waals surface area contributed by atoms with Gasteiger partial charge in [0.15, 0.2) is 0 Å². The molecule has 4 heteroatoms. The van der Waals surface area contributed by atoms with Crippen LogP contribution in [0.25, 0.3) is 0 Å². The quantitative estimate of drug-likeness (QED) is 0.502. The van der Waals surface area contributed by atoms with Gasteiger partial charge in [-0.3, -0.25) is 9.59 Å². The maximum Gasteiger partial charge on any atom is 0.234 e. The molecule has 0 aromatic rings. The van der Waals surface area contributed by atoms with Crippen molar-refractivity contribution in [3.8, 4) is 0 Å². The monoisotopic (exact) mass is 130 g/mol. The number of primary amides is 1.